The standard InChI is InChI=1S/C14H11Cl2N3/c1-8-2-3-13-12(4-8)18-14(17)19(13)11-6-9(15)5-10(16)7-11/h2-7H,1H3,(H2,17,18). The first kappa shape index (κ1) is 12.3. The van der Waals surface area contributed by atoms with E-state index in [-0.39, 0.29) is 0 Å². The highest BCUT2D eigenvalue weighted by molar-refractivity contribution is 6.34. The molecule has 3 nitrogen and oxygen atoms in total. The van der Waals surface area contributed by atoms with Gasteiger partial charge in [0.25, 0.3) is 0 Å². The number of fused-ring (bicyclic) bond motifs is 1. The molecule has 0 spiro atoms. The summed E-state index contributed by atoms with van der Waals surface area (Å²) in [5.74, 6) is 0.416. The Bertz CT molecular complexity index is 757. The van der Waals surface area contributed by atoms with Gasteiger partial charge in [0.05, 0.1) is 16.7 Å². The first-order chi connectivity index (χ1) is 9.04. The van der Waals surface area contributed by atoms with Crippen molar-refractivity contribution in [2.24, 2.45) is 0 Å². The zero-order chi connectivity index (χ0) is 13.6. The van der Waals surface area contributed by atoms with Crippen LogP contribution >= 0.6 is 23.2 Å². The Balaban J connectivity index is 2.32. The molecule has 1 aromatic heterocycles. The smallest absolute Gasteiger partial charge is 0.205 e. The fourth-order valence-electron chi connectivity index (χ4n) is 2.15. The van der Waals surface area contributed by atoms with Gasteiger partial charge in [0, 0.05) is 10.0 Å². The molecule has 0 aliphatic heterocycles. The lowest BCUT2D eigenvalue weighted by atomic mass is 10.2. The molecule has 3 aromatic rings. The molecule has 5 heteroatoms. The molecule has 0 bridgehead atoms. The van der Waals surface area contributed by atoms with Crippen molar-refractivity contribution in [1.82, 2.24) is 9.55 Å². The fourth-order valence-corrected chi connectivity index (χ4v) is 2.66. The summed E-state index contributed by atoms with van der Waals surface area (Å²) in [6.45, 7) is 2.02. The van der Waals surface area contributed by atoms with Crippen molar-refractivity contribution in [2.75, 3.05) is 5.73 Å². The second-order valence-electron chi connectivity index (χ2n) is 4.43. The van der Waals surface area contributed by atoms with Crippen molar-refractivity contribution < 1.29 is 0 Å². The summed E-state index contributed by atoms with van der Waals surface area (Å²) in [5.41, 5.74) is 9.74. The fraction of sp³-hybridized carbons (Fsp3) is 0.0714. The van der Waals surface area contributed by atoms with Crippen molar-refractivity contribution >= 4 is 40.2 Å². The number of aryl methyl sites for hydroxylation is 1. The van der Waals surface area contributed by atoms with Gasteiger partial charge in [-0.2, -0.15) is 0 Å². The minimum Gasteiger partial charge on any atom is -0.369 e. The second kappa shape index (κ2) is 4.44. The van der Waals surface area contributed by atoms with Gasteiger partial charge < -0.3 is 5.73 Å². The molecular weight excluding hydrogens is 281 g/mol. The third kappa shape index (κ3) is 2.15. The molecule has 0 aliphatic rings. The monoisotopic (exact) mass is 291 g/mol. The molecule has 3 rings (SSSR count). The van der Waals surface area contributed by atoms with E-state index in [9.17, 15) is 0 Å². The highest BCUT2D eigenvalue weighted by Crippen LogP contribution is 2.28. The van der Waals surface area contributed by atoms with E-state index >= 15 is 0 Å². The average Bonchev–Trinajstić information content (AvgIpc) is 2.62. The van der Waals surface area contributed by atoms with E-state index in [4.69, 9.17) is 28.9 Å². The summed E-state index contributed by atoms with van der Waals surface area (Å²) < 4.78 is 1.84. The molecule has 19 heavy (non-hydrogen) atoms. The van der Waals surface area contributed by atoms with Crippen molar-refractivity contribution in [3.63, 3.8) is 0 Å². The number of nitrogen functional groups attached to an aromatic ring is 1. The summed E-state index contributed by atoms with van der Waals surface area (Å²) in [6.07, 6.45) is 0. The first-order valence-corrected chi connectivity index (χ1v) is 6.51. The topological polar surface area (TPSA) is 43.8 Å². The molecule has 0 saturated carbocycles. The number of hydrogen-bond acceptors (Lipinski definition) is 2. The van der Waals surface area contributed by atoms with Gasteiger partial charge in [0.2, 0.25) is 5.95 Å². The van der Waals surface area contributed by atoms with Crippen LogP contribution in [0.5, 0.6) is 0 Å². The van der Waals surface area contributed by atoms with Crippen molar-refractivity contribution in [2.45, 2.75) is 6.92 Å². The van der Waals surface area contributed by atoms with E-state index in [1.807, 2.05) is 41.8 Å². The van der Waals surface area contributed by atoms with E-state index in [0.29, 0.717) is 16.0 Å². The van der Waals surface area contributed by atoms with Crippen molar-refractivity contribution in [1.29, 1.82) is 0 Å². The number of anilines is 1. The molecular formula is C14H11Cl2N3. The summed E-state index contributed by atoms with van der Waals surface area (Å²) in [6, 6.07) is 11.3. The predicted octanol–water partition coefficient (Wildman–Crippen LogP) is 4.22. The molecule has 0 fully saturated rings. The summed E-state index contributed by atoms with van der Waals surface area (Å²) in [4.78, 5) is 4.36. The lowest BCUT2D eigenvalue weighted by Gasteiger charge is -2.07. The van der Waals surface area contributed by atoms with Crippen LogP contribution in [0.15, 0.2) is 36.4 Å². The maximum absolute atomic E-state index is 6.04. The molecule has 96 valence electrons. The van der Waals surface area contributed by atoms with E-state index in [1.54, 1.807) is 6.07 Å². The quantitative estimate of drug-likeness (QED) is 0.729. The maximum atomic E-state index is 6.04. The number of benzene rings is 2. The van der Waals surface area contributed by atoms with Gasteiger partial charge in [0.1, 0.15) is 0 Å². The number of nitrogens with zero attached hydrogens (tertiary/aromatic N) is 2. The minimum atomic E-state index is 0.416. The van der Waals surface area contributed by atoms with Crippen LogP contribution in [-0.2, 0) is 0 Å². The number of halogens is 2. The van der Waals surface area contributed by atoms with E-state index < -0.39 is 0 Å². The van der Waals surface area contributed by atoms with Gasteiger partial charge in [0.15, 0.2) is 0 Å². The highest BCUT2D eigenvalue weighted by atomic mass is 35.5. The van der Waals surface area contributed by atoms with Gasteiger partial charge in [-0.05, 0) is 42.8 Å². The average molecular weight is 292 g/mol. The third-order valence-corrected chi connectivity index (χ3v) is 3.38. The van der Waals surface area contributed by atoms with E-state index in [2.05, 4.69) is 4.98 Å². The Kier molecular flexibility index (Phi) is 2.88. The predicted molar refractivity (Wildman–Crippen MR) is 80.2 cm³/mol. The molecule has 0 radical (unpaired) electrons. The molecule has 2 N–H and O–H groups in total. The van der Waals surface area contributed by atoms with Crippen LogP contribution in [0.2, 0.25) is 10.0 Å². The van der Waals surface area contributed by atoms with Gasteiger partial charge in [-0.25, -0.2) is 4.98 Å². The Morgan fingerprint density at radius 2 is 1.74 bits per heavy atom. The molecule has 2 aromatic carbocycles. The van der Waals surface area contributed by atoms with Gasteiger partial charge in [-0.15, -0.1) is 0 Å². The van der Waals surface area contributed by atoms with Crippen LogP contribution in [-0.4, -0.2) is 9.55 Å². The highest BCUT2D eigenvalue weighted by Gasteiger charge is 2.11. The molecule has 1 heterocycles. The normalized spacial score (nSPS) is 11.1. The lowest BCUT2D eigenvalue weighted by molar-refractivity contribution is 1.11. The maximum Gasteiger partial charge on any atom is 0.205 e. The van der Waals surface area contributed by atoms with Crippen LogP contribution in [0, 0.1) is 6.92 Å². The molecule has 0 unspecified atom stereocenters. The number of imidazole rings is 1. The van der Waals surface area contributed by atoms with Crippen LogP contribution in [0.1, 0.15) is 5.56 Å². The van der Waals surface area contributed by atoms with Crippen molar-refractivity contribution in [3.05, 3.63) is 52.0 Å². The summed E-state index contributed by atoms with van der Waals surface area (Å²) in [5, 5.41) is 1.13. The van der Waals surface area contributed by atoms with Crippen LogP contribution in [0.3, 0.4) is 0 Å². The summed E-state index contributed by atoms with van der Waals surface area (Å²) in [7, 11) is 0. The van der Waals surface area contributed by atoms with E-state index in [1.165, 1.54) is 0 Å². The van der Waals surface area contributed by atoms with Gasteiger partial charge in [-0.3, -0.25) is 4.57 Å². The second-order valence-corrected chi connectivity index (χ2v) is 5.30. The number of rotatable bonds is 1. The molecule has 0 amide bonds. The minimum absolute atomic E-state index is 0.416. The van der Waals surface area contributed by atoms with Crippen LogP contribution in [0.25, 0.3) is 16.7 Å². The Hall–Kier alpha value is -1.71. The first-order valence-electron chi connectivity index (χ1n) is 5.75. The van der Waals surface area contributed by atoms with E-state index in [0.717, 1.165) is 22.3 Å². The Morgan fingerprint density at radius 1 is 1.05 bits per heavy atom. The van der Waals surface area contributed by atoms with Crippen LogP contribution < -0.4 is 5.73 Å². The van der Waals surface area contributed by atoms with Gasteiger partial charge >= 0.3 is 0 Å². The number of hydrogen-bond donors (Lipinski definition) is 1. The SMILES string of the molecule is Cc1ccc2c(c1)nc(N)n2-c1cc(Cl)cc(Cl)c1. The lowest BCUT2D eigenvalue weighted by Crippen LogP contribution is -2.00. The zero-order valence-electron chi connectivity index (χ0n) is 10.2. The van der Waals surface area contributed by atoms with Crippen molar-refractivity contribution in [3.8, 4) is 5.69 Å². The largest absolute Gasteiger partial charge is 0.369 e. The Labute approximate surface area is 120 Å². The van der Waals surface area contributed by atoms with Gasteiger partial charge in [-0.1, -0.05) is 29.3 Å². The Morgan fingerprint density at radius 3 is 2.42 bits per heavy atom. The molecule has 0 saturated heterocycles. The number of nitrogens with two attached hydrogens (primary N) is 1. The number of aromatic nitrogens is 2. The third-order valence-electron chi connectivity index (χ3n) is 2.94. The molecule has 0 aliphatic carbocycles. The summed E-state index contributed by atoms with van der Waals surface area (Å²) >= 11 is 12.1. The molecule has 0 atom stereocenters. The van der Waals surface area contributed by atoms with Crippen LogP contribution in [0.4, 0.5) is 5.95 Å². The zero-order valence-corrected chi connectivity index (χ0v) is 11.7.